The van der Waals surface area contributed by atoms with E-state index in [9.17, 15) is 13.2 Å². The SMILES string of the molecule is NCCN(CCc1ccccc1)Cc1ncc(C(F)(F)F)s1. The summed E-state index contributed by atoms with van der Waals surface area (Å²) < 4.78 is 37.8. The summed E-state index contributed by atoms with van der Waals surface area (Å²) in [6.45, 7) is 2.23. The molecule has 3 nitrogen and oxygen atoms in total. The first-order valence-corrected chi connectivity index (χ1v) is 7.79. The van der Waals surface area contributed by atoms with E-state index in [1.165, 1.54) is 5.56 Å². The van der Waals surface area contributed by atoms with Gasteiger partial charge in [0.1, 0.15) is 9.88 Å². The third-order valence-electron chi connectivity index (χ3n) is 3.20. The van der Waals surface area contributed by atoms with E-state index in [1.54, 1.807) is 0 Å². The monoisotopic (exact) mass is 329 g/mol. The van der Waals surface area contributed by atoms with Gasteiger partial charge in [0.15, 0.2) is 0 Å². The summed E-state index contributed by atoms with van der Waals surface area (Å²) in [5.41, 5.74) is 6.78. The number of nitrogens with zero attached hydrogens (tertiary/aromatic N) is 2. The maximum absolute atomic E-state index is 12.6. The molecular weight excluding hydrogens is 311 g/mol. The molecule has 0 fully saturated rings. The van der Waals surface area contributed by atoms with E-state index < -0.39 is 11.1 Å². The maximum atomic E-state index is 12.6. The van der Waals surface area contributed by atoms with Crippen LogP contribution >= 0.6 is 11.3 Å². The Morgan fingerprint density at radius 1 is 1.14 bits per heavy atom. The lowest BCUT2D eigenvalue weighted by Crippen LogP contribution is -2.31. The summed E-state index contributed by atoms with van der Waals surface area (Å²) in [5, 5.41) is 0.467. The van der Waals surface area contributed by atoms with Crippen molar-refractivity contribution in [1.82, 2.24) is 9.88 Å². The van der Waals surface area contributed by atoms with Gasteiger partial charge in [-0.3, -0.25) is 4.90 Å². The fraction of sp³-hybridized carbons (Fsp3) is 0.400. The molecule has 0 unspecified atom stereocenters. The van der Waals surface area contributed by atoms with Crippen molar-refractivity contribution in [2.24, 2.45) is 5.73 Å². The van der Waals surface area contributed by atoms with Gasteiger partial charge < -0.3 is 5.73 Å². The molecule has 0 aliphatic carbocycles. The zero-order chi connectivity index (χ0) is 16.0. The Bertz CT molecular complexity index is 569. The Morgan fingerprint density at radius 2 is 1.86 bits per heavy atom. The van der Waals surface area contributed by atoms with Gasteiger partial charge in [-0.2, -0.15) is 13.2 Å². The third-order valence-corrected chi connectivity index (χ3v) is 4.22. The second-order valence-electron chi connectivity index (χ2n) is 4.92. The predicted octanol–water partition coefficient (Wildman–Crippen LogP) is 3.17. The number of benzene rings is 1. The number of nitrogens with two attached hydrogens (primary N) is 1. The molecule has 1 aromatic heterocycles. The highest BCUT2D eigenvalue weighted by Gasteiger charge is 2.33. The van der Waals surface area contributed by atoms with E-state index in [0.29, 0.717) is 36.0 Å². The molecular formula is C15H18F3N3S. The van der Waals surface area contributed by atoms with Crippen LogP contribution in [0.5, 0.6) is 0 Å². The standard InChI is InChI=1S/C15H18F3N3S/c16-15(17,18)13-10-20-14(22-13)11-21(9-7-19)8-6-12-4-2-1-3-5-12/h1-5,10H,6-9,11,19H2. The van der Waals surface area contributed by atoms with Gasteiger partial charge in [0, 0.05) is 19.6 Å². The highest BCUT2D eigenvalue weighted by Crippen LogP contribution is 2.33. The first kappa shape index (κ1) is 16.9. The highest BCUT2D eigenvalue weighted by molar-refractivity contribution is 7.11. The summed E-state index contributed by atoms with van der Waals surface area (Å²) in [4.78, 5) is 5.26. The molecule has 0 aliphatic rings. The second-order valence-corrected chi connectivity index (χ2v) is 6.03. The lowest BCUT2D eigenvalue weighted by atomic mass is 10.1. The fourth-order valence-corrected chi connectivity index (χ4v) is 2.92. The molecule has 0 radical (unpaired) electrons. The third kappa shape index (κ3) is 5.08. The van der Waals surface area contributed by atoms with Crippen molar-refractivity contribution >= 4 is 11.3 Å². The number of aromatic nitrogens is 1. The van der Waals surface area contributed by atoms with Crippen molar-refractivity contribution in [2.75, 3.05) is 19.6 Å². The maximum Gasteiger partial charge on any atom is 0.427 e. The van der Waals surface area contributed by atoms with Gasteiger partial charge in [0.25, 0.3) is 0 Å². The molecule has 7 heteroatoms. The van der Waals surface area contributed by atoms with Gasteiger partial charge in [0.05, 0.1) is 12.7 Å². The minimum Gasteiger partial charge on any atom is -0.329 e. The first-order chi connectivity index (χ1) is 10.5. The smallest absolute Gasteiger partial charge is 0.329 e. The Labute approximate surface area is 131 Å². The normalized spacial score (nSPS) is 12.0. The summed E-state index contributed by atoms with van der Waals surface area (Å²) in [6, 6.07) is 9.96. The highest BCUT2D eigenvalue weighted by atomic mass is 32.1. The summed E-state index contributed by atoms with van der Waals surface area (Å²) >= 11 is 0.697. The number of hydrogen-bond donors (Lipinski definition) is 1. The molecule has 0 aliphatic heterocycles. The van der Waals surface area contributed by atoms with Crippen molar-refractivity contribution < 1.29 is 13.2 Å². The van der Waals surface area contributed by atoms with Gasteiger partial charge >= 0.3 is 6.18 Å². The van der Waals surface area contributed by atoms with Crippen LogP contribution in [0.2, 0.25) is 0 Å². The van der Waals surface area contributed by atoms with Crippen LogP contribution in [-0.4, -0.2) is 29.5 Å². The van der Waals surface area contributed by atoms with E-state index >= 15 is 0 Å². The average Bonchev–Trinajstić information content (AvgIpc) is 2.95. The van der Waals surface area contributed by atoms with Crippen molar-refractivity contribution in [3.63, 3.8) is 0 Å². The van der Waals surface area contributed by atoms with Gasteiger partial charge in [-0.05, 0) is 12.0 Å². The molecule has 1 heterocycles. The number of alkyl halides is 3. The first-order valence-electron chi connectivity index (χ1n) is 6.97. The van der Waals surface area contributed by atoms with Crippen molar-refractivity contribution in [2.45, 2.75) is 19.1 Å². The largest absolute Gasteiger partial charge is 0.427 e. The molecule has 120 valence electrons. The van der Waals surface area contributed by atoms with Crippen molar-refractivity contribution in [1.29, 1.82) is 0 Å². The molecule has 0 atom stereocenters. The summed E-state index contributed by atoms with van der Waals surface area (Å²) in [7, 11) is 0. The van der Waals surface area contributed by atoms with Crippen LogP contribution in [0.15, 0.2) is 36.5 Å². The minimum atomic E-state index is -4.32. The van der Waals surface area contributed by atoms with Crippen LogP contribution < -0.4 is 5.73 Å². The Morgan fingerprint density at radius 3 is 2.45 bits per heavy atom. The fourth-order valence-electron chi connectivity index (χ4n) is 2.09. The Kier molecular flexibility index (Phi) is 5.93. The molecule has 22 heavy (non-hydrogen) atoms. The van der Waals surface area contributed by atoms with Crippen LogP contribution in [0, 0.1) is 0 Å². The van der Waals surface area contributed by atoms with E-state index in [1.807, 2.05) is 35.2 Å². The van der Waals surface area contributed by atoms with Gasteiger partial charge in [0.2, 0.25) is 0 Å². The molecule has 0 saturated heterocycles. The van der Waals surface area contributed by atoms with E-state index in [4.69, 9.17) is 5.73 Å². The zero-order valence-electron chi connectivity index (χ0n) is 12.0. The molecule has 0 spiro atoms. The van der Waals surface area contributed by atoms with Crippen LogP contribution in [0.1, 0.15) is 15.4 Å². The van der Waals surface area contributed by atoms with Crippen LogP contribution in [0.4, 0.5) is 13.2 Å². The Hall–Kier alpha value is -1.44. The number of thiazole rings is 1. The summed E-state index contributed by atoms with van der Waals surface area (Å²) in [6.07, 6.45) is -2.59. The molecule has 2 aromatic rings. The van der Waals surface area contributed by atoms with Crippen LogP contribution in [0.3, 0.4) is 0 Å². The van der Waals surface area contributed by atoms with Gasteiger partial charge in [-0.15, -0.1) is 11.3 Å². The predicted molar refractivity (Wildman–Crippen MR) is 81.6 cm³/mol. The number of rotatable bonds is 7. The number of halogens is 3. The van der Waals surface area contributed by atoms with Gasteiger partial charge in [-0.25, -0.2) is 4.98 Å². The quantitative estimate of drug-likeness (QED) is 0.848. The molecule has 2 rings (SSSR count). The molecule has 0 saturated carbocycles. The molecule has 0 amide bonds. The lowest BCUT2D eigenvalue weighted by molar-refractivity contribution is -0.134. The topological polar surface area (TPSA) is 42.1 Å². The van der Waals surface area contributed by atoms with Crippen molar-refractivity contribution in [3.05, 3.63) is 52.0 Å². The molecule has 2 N–H and O–H groups in total. The Balaban J connectivity index is 1.95. The van der Waals surface area contributed by atoms with Crippen LogP contribution in [0.25, 0.3) is 0 Å². The zero-order valence-corrected chi connectivity index (χ0v) is 12.8. The van der Waals surface area contributed by atoms with Gasteiger partial charge in [-0.1, -0.05) is 30.3 Å². The van der Waals surface area contributed by atoms with E-state index in [-0.39, 0.29) is 0 Å². The van der Waals surface area contributed by atoms with Crippen LogP contribution in [-0.2, 0) is 19.1 Å². The molecule has 0 bridgehead atoms. The minimum absolute atomic E-state index is 0.394. The lowest BCUT2D eigenvalue weighted by Gasteiger charge is -2.20. The summed E-state index contributed by atoms with van der Waals surface area (Å²) in [5.74, 6) is 0. The second kappa shape index (κ2) is 7.71. The van der Waals surface area contributed by atoms with E-state index in [2.05, 4.69) is 4.98 Å². The van der Waals surface area contributed by atoms with E-state index in [0.717, 1.165) is 19.2 Å². The molecule has 1 aromatic carbocycles. The number of hydrogen-bond acceptors (Lipinski definition) is 4. The average molecular weight is 329 g/mol. The van der Waals surface area contributed by atoms with Crippen molar-refractivity contribution in [3.8, 4) is 0 Å².